The smallest absolute Gasteiger partial charge is 0.386 e. The summed E-state index contributed by atoms with van der Waals surface area (Å²) in [6, 6.07) is 0. The number of nitro groups is 1. The SMILES string of the molecule is COc1nn(C(C)(C)C)c(F)c1[N+](=O)[O-]. The van der Waals surface area contributed by atoms with E-state index in [1.807, 2.05) is 0 Å². The normalized spacial score (nSPS) is 11.5. The summed E-state index contributed by atoms with van der Waals surface area (Å²) in [7, 11) is 1.21. The Bertz CT molecular complexity index is 395. The highest BCUT2D eigenvalue weighted by Gasteiger charge is 2.33. The molecule has 6 nitrogen and oxygen atoms in total. The fourth-order valence-electron chi connectivity index (χ4n) is 1.11. The molecule has 1 heterocycles. The Labute approximate surface area is 85.8 Å². The maximum absolute atomic E-state index is 13.6. The summed E-state index contributed by atoms with van der Waals surface area (Å²) < 4.78 is 19.2. The summed E-state index contributed by atoms with van der Waals surface area (Å²) in [6.45, 7) is 5.06. The molecule has 0 amide bonds. The lowest BCUT2D eigenvalue weighted by Crippen LogP contribution is -2.25. The lowest BCUT2D eigenvalue weighted by molar-refractivity contribution is -0.388. The lowest BCUT2D eigenvalue weighted by Gasteiger charge is -2.18. The molecule has 0 aliphatic carbocycles. The maximum Gasteiger partial charge on any atom is 0.386 e. The minimum Gasteiger partial charge on any atom is -0.475 e. The molecule has 0 bridgehead atoms. The molecule has 0 radical (unpaired) electrons. The predicted molar refractivity (Wildman–Crippen MR) is 50.4 cm³/mol. The Morgan fingerprint density at radius 2 is 2.07 bits per heavy atom. The standard InChI is InChI=1S/C8H12FN3O3/c1-8(2,3)11-6(9)5(12(13)14)7(10-11)15-4/h1-4H3. The number of halogens is 1. The molecule has 84 valence electrons. The van der Waals surface area contributed by atoms with Crippen LogP contribution in [-0.2, 0) is 5.54 Å². The van der Waals surface area contributed by atoms with Gasteiger partial charge in [0.25, 0.3) is 5.95 Å². The summed E-state index contributed by atoms with van der Waals surface area (Å²) in [5.74, 6) is -1.31. The van der Waals surface area contributed by atoms with E-state index in [1.165, 1.54) is 7.11 Å². The van der Waals surface area contributed by atoms with Gasteiger partial charge in [0, 0.05) is 0 Å². The third-order valence-corrected chi connectivity index (χ3v) is 1.79. The Balaban J connectivity index is 3.41. The second-order valence-electron chi connectivity index (χ2n) is 3.99. The van der Waals surface area contributed by atoms with Gasteiger partial charge in [-0.15, -0.1) is 5.10 Å². The third kappa shape index (κ3) is 1.90. The molecule has 0 spiro atoms. The third-order valence-electron chi connectivity index (χ3n) is 1.79. The van der Waals surface area contributed by atoms with Crippen LogP contribution in [0.4, 0.5) is 10.1 Å². The zero-order valence-electron chi connectivity index (χ0n) is 8.94. The van der Waals surface area contributed by atoms with Gasteiger partial charge in [0.15, 0.2) is 0 Å². The van der Waals surface area contributed by atoms with Crippen LogP contribution in [0.3, 0.4) is 0 Å². The molecule has 0 aliphatic heterocycles. The van der Waals surface area contributed by atoms with E-state index >= 15 is 0 Å². The molecule has 0 unspecified atom stereocenters. The molecule has 1 aromatic rings. The van der Waals surface area contributed by atoms with Crippen molar-refractivity contribution in [3.05, 3.63) is 16.1 Å². The average Bonchev–Trinajstić information content (AvgIpc) is 2.41. The van der Waals surface area contributed by atoms with Gasteiger partial charge in [0.05, 0.1) is 17.6 Å². The molecule has 0 fully saturated rings. The predicted octanol–water partition coefficient (Wildman–Crippen LogP) is 1.69. The van der Waals surface area contributed by atoms with Crippen LogP contribution in [0.25, 0.3) is 0 Å². The maximum atomic E-state index is 13.6. The summed E-state index contributed by atoms with van der Waals surface area (Å²) in [5, 5.41) is 14.3. The zero-order valence-corrected chi connectivity index (χ0v) is 8.94. The molecular weight excluding hydrogens is 205 g/mol. The molecule has 0 N–H and O–H groups in total. The molecule has 1 aromatic heterocycles. The van der Waals surface area contributed by atoms with E-state index in [2.05, 4.69) is 9.84 Å². The highest BCUT2D eigenvalue weighted by atomic mass is 19.1. The van der Waals surface area contributed by atoms with E-state index < -0.39 is 22.1 Å². The largest absolute Gasteiger partial charge is 0.475 e. The Morgan fingerprint density at radius 1 is 1.53 bits per heavy atom. The van der Waals surface area contributed by atoms with Crippen LogP contribution in [0.1, 0.15) is 20.8 Å². The van der Waals surface area contributed by atoms with Crippen molar-refractivity contribution < 1.29 is 14.1 Å². The molecule has 0 saturated heterocycles. The van der Waals surface area contributed by atoms with Crippen LogP contribution < -0.4 is 4.74 Å². The van der Waals surface area contributed by atoms with Gasteiger partial charge in [-0.25, -0.2) is 4.68 Å². The number of nitrogens with zero attached hydrogens (tertiary/aromatic N) is 3. The minimum absolute atomic E-state index is 0.313. The van der Waals surface area contributed by atoms with Crippen molar-refractivity contribution in [3.8, 4) is 5.88 Å². The van der Waals surface area contributed by atoms with Crippen molar-refractivity contribution in [3.63, 3.8) is 0 Å². The van der Waals surface area contributed by atoms with E-state index in [0.29, 0.717) is 0 Å². The molecule has 7 heteroatoms. The molecular formula is C8H12FN3O3. The van der Waals surface area contributed by atoms with E-state index in [4.69, 9.17) is 0 Å². The number of hydrogen-bond acceptors (Lipinski definition) is 4. The minimum atomic E-state index is -0.996. The van der Waals surface area contributed by atoms with Crippen molar-refractivity contribution >= 4 is 5.69 Å². The lowest BCUT2D eigenvalue weighted by atomic mass is 10.1. The highest BCUT2D eigenvalue weighted by Crippen LogP contribution is 2.31. The van der Waals surface area contributed by atoms with Gasteiger partial charge in [-0.1, -0.05) is 0 Å². The molecule has 0 aliphatic rings. The van der Waals surface area contributed by atoms with Crippen molar-refractivity contribution in [1.29, 1.82) is 0 Å². The van der Waals surface area contributed by atoms with Gasteiger partial charge in [-0.05, 0) is 20.8 Å². The van der Waals surface area contributed by atoms with E-state index in [0.717, 1.165) is 4.68 Å². The Hall–Kier alpha value is -1.66. The van der Waals surface area contributed by atoms with E-state index in [-0.39, 0.29) is 5.88 Å². The van der Waals surface area contributed by atoms with Crippen LogP contribution in [0, 0.1) is 16.1 Å². The first-order chi connectivity index (χ1) is 6.79. The Morgan fingerprint density at radius 3 is 2.33 bits per heavy atom. The quantitative estimate of drug-likeness (QED) is 0.558. The van der Waals surface area contributed by atoms with Crippen molar-refractivity contribution in [2.24, 2.45) is 0 Å². The first-order valence-corrected chi connectivity index (χ1v) is 4.26. The first kappa shape index (κ1) is 11.4. The van der Waals surface area contributed by atoms with Gasteiger partial charge in [0.1, 0.15) is 0 Å². The van der Waals surface area contributed by atoms with E-state index in [9.17, 15) is 14.5 Å². The molecule has 15 heavy (non-hydrogen) atoms. The Kier molecular flexibility index (Phi) is 2.65. The van der Waals surface area contributed by atoms with Crippen LogP contribution in [0.15, 0.2) is 0 Å². The molecule has 0 atom stereocenters. The van der Waals surface area contributed by atoms with Crippen molar-refractivity contribution in [2.45, 2.75) is 26.3 Å². The van der Waals surface area contributed by atoms with Crippen molar-refractivity contribution in [2.75, 3.05) is 7.11 Å². The van der Waals surface area contributed by atoms with Crippen LogP contribution >= 0.6 is 0 Å². The number of rotatable bonds is 2. The fourth-order valence-corrected chi connectivity index (χ4v) is 1.11. The monoisotopic (exact) mass is 217 g/mol. The highest BCUT2D eigenvalue weighted by molar-refractivity contribution is 5.40. The van der Waals surface area contributed by atoms with E-state index in [1.54, 1.807) is 20.8 Å². The molecule has 1 rings (SSSR count). The van der Waals surface area contributed by atoms with Crippen LogP contribution in [-0.4, -0.2) is 21.8 Å². The first-order valence-electron chi connectivity index (χ1n) is 4.26. The number of aromatic nitrogens is 2. The van der Waals surface area contributed by atoms with Gasteiger partial charge < -0.3 is 4.74 Å². The number of hydrogen-bond donors (Lipinski definition) is 0. The summed E-state index contributed by atoms with van der Waals surface area (Å²) >= 11 is 0. The topological polar surface area (TPSA) is 70.2 Å². The summed E-state index contributed by atoms with van der Waals surface area (Å²) in [6.07, 6.45) is 0. The van der Waals surface area contributed by atoms with Gasteiger partial charge in [-0.3, -0.25) is 10.1 Å². The van der Waals surface area contributed by atoms with Gasteiger partial charge in [-0.2, -0.15) is 4.39 Å². The van der Waals surface area contributed by atoms with Crippen LogP contribution in [0.5, 0.6) is 5.88 Å². The summed E-state index contributed by atoms with van der Waals surface area (Å²) in [4.78, 5) is 9.73. The second kappa shape index (κ2) is 3.48. The van der Waals surface area contributed by atoms with Gasteiger partial charge in [0.2, 0.25) is 0 Å². The second-order valence-corrected chi connectivity index (χ2v) is 3.99. The average molecular weight is 217 g/mol. The summed E-state index contributed by atoms with van der Waals surface area (Å²) in [5.41, 5.74) is -1.40. The fraction of sp³-hybridized carbons (Fsp3) is 0.625. The number of methoxy groups -OCH3 is 1. The van der Waals surface area contributed by atoms with Gasteiger partial charge >= 0.3 is 11.6 Å². The number of ether oxygens (including phenoxy) is 1. The zero-order chi connectivity index (χ0) is 11.8. The van der Waals surface area contributed by atoms with Crippen molar-refractivity contribution in [1.82, 2.24) is 9.78 Å². The van der Waals surface area contributed by atoms with Crippen LogP contribution in [0.2, 0.25) is 0 Å². The molecule has 0 aromatic carbocycles. The molecule has 0 saturated carbocycles.